The van der Waals surface area contributed by atoms with Gasteiger partial charge in [-0.25, -0.2) is 8.42 Å². The lowest BCUT2D eigenvalue weighted by molar-refractivity contribution is -0.156. The second-order valence-corrected chi connectivity index (χ2v) is 12.0. The molecule has 33 heavy (non-hydrogen) atoms. The zero-order valence-corrected chi connectivity index (χ0v) is 20.2. The van der Waals surface area contributed by atoms with Crippen LogP contribution in [0.5, 0.6) is 0 Å². The van der Waals surface area contributed by atoms with Crippen molar-refractivity contribution in [2.24, 2.45) is 5.92 Å². The predicted octanol–water partition coefficient (Wildman–Crippen LogP) is 0.769. The highest BCUT2D eigenvalue weighted by atomic mass is 32.2. The first kappa shape index (κ1) is 25.2. The Morgan fingerprint density at radius 3 is 2.36 bits per heavy atom. The van der Waals surface area contributed by atoms with Gasteiger partial charge in [0.15, 0.2) is 0 Å². The van der Waals surface area contributed by atoms with Gasteiger partial charge in [0.1, 0.15) is 17.2 Å². The Kier molecular flexibility index (Phi) is 6.93. The molecule has 3 aliphatic rings. The van der Waals surface area contributed by atoms with Gasteiger partial charge in [0, 0.05) is 18.9 Å². The van der Waals surface area contributed by atoms with Crippen LogP contribution in [0.25, 0.3) is 0 Å². The molecule has 3 rings (SSSR count). The molecule has 3 fully saturated rings. The summed E-state index contributed by atoms with van der Waals surface area (Å²) in [6.07, 6.45) is 3.63. The van der Waals surface area contributed by atoms with Crippen LogP contribution in [0.3, 0.4) is 0 Å². The normalized spacial score (nSPS) is 26.9. The maximum Gasteiger partial charge on any atom is 0.306 e. The summed E-state index contributed by atoms with van der Waals surface area (Å²) in [5, 5.41) is 2.13. The van der Waals surface area contributed by atoms with Crippen molar-refractivity contribution < 1.29 is 32.3 Å². The van der Waals surface area contributed by atoms with E-state index in [1.807, 2.05) is 0 Å². The fourth-order valence-corrected chi connectivity index (χ4v) is 5.47. The minimum atomic E-state index is -3.76. The third-order valence-corrected chi connectivity index (χ3v) is 7.91. The van der Waals surface area contributed by atoms with Crippen LogP contribution < -0.4 is 10.0 Å². The maximum absolute atomic E-state index is 13.1. The molecule has 1 saturated heterocycles. The highest BCUT2D eigenvalue weighted by Gasteiger charge is 2.61. The second-order valence-electron chi connectivity index (χ2n) is 10.0. The molecule has 3 amide bonds. The number of rotatable bonds is 9. The van der Waals surface area contributed by atoms with Gasteiger partial charge in [-0.1, -0.05) is 6.08 Å². The molecule has 0 aromatic heterocycles. The summed E-state index contributed by atoms with van der Waals surface area (Å²) in [6.45, 7) is 9.26. The van der Waals surface area contributed by atoms with Gasteiger partial charge >= 0.3 is 5.97 Å². The number of likely N-dealkylation sites (tertiary alicyclic amines) is 1. The number of carbonyl (C=O) groups excluding carboxylic acids is 4. The smallest absolute Gasteiger partial charge is 0.306 e. The van der Waals surface area contributed by atoms with E-state index in [-0.39, 0.29) is 25.2 Å². The van der Waals surface area contributed by atoms with Crippen molar-refractivity contribution in [3.05, 3.63) is 12.7 Å². The lowest BCUT2D eigenvalue weighted by atomic mass is 10.1. The summed E-state index contributed by atoms with van der Waals surface area (Å²) in [7, 11) is -3.76. The van der Waals surface area contributed by atoms with Gasteiger partial charge in [-0.15, -0.1) is 6.58 Å². The molecule has 1 heterocycles. The molecule has 184 valence electrons. The van der Waals surface area contributed by atoms with Crippen LogP contribution in [-0.2, 0) is 33.9 Å². The number of amides is 3. The van der Waals surface area contributed by atoms with E-state index >= 15 is 0 Å². The number of hydrogen-bond acceptors (Lipinski definition) is 7. The number of nitrogens with one attached hydrogen (secondary N) is 2. The van der Waals surface area contributed by atoms with Crippen LogP contribution in [0.2, 0.25) is 0 Å². The van der Waals surface area contributed by atoms with E-state index in [2.05, 4.69) is 16.6 Å². The Labute approximate surface area is 194 Å². The van der Waals surface area contributed by atoms with E-state index in [4.69, 9.17) is 4.74 Å². The van der Waals surface area contributed by atoms with Crippen molar-refractivity contribution >= 4 is 33.7 Å². The van der Waals surface area contributed by atoms with Crippen molar-refractivity contribution in [2.45, 2.75) is 88.1 Å². The van der Waals surface area contributed by atoms with E-state index in [1.165, 1.54) is 11.0 Å². The number of sulfonamides is 1. The largest absolute Gasteiger partial charge is 0.460 e. The van der Waals surface area contributed by atoms with Crippen LogP contribution in [0.4, 0.5) is 0 Å². The summed E-state index contributed by atoms with van der Waals surface area (Å²) in [6, 6.07) is -0.785. The highest BCUT2D eigenvalue weighted by molar-refractivity contribution is 7.91. The molecule has 2 N–H and O–H groups in total. The number of carbonyl (C=O) groups is 4. The molecule has 2 aliphatic carbocycles. The van der Waals surface area contributed by atoms with Crippen LogP contribution in [0.15, 0.2) is 12.7 Å². The van der Waals surface area contributed by atoms with E-state index in [0.29, 0.717) is 32.2 Å². The van der Waals surface area contributed by atoms with Gasteiger partial charge in [-0.05, 0) is 52.9 Å². The Morgan fingerprint density at radius 1 is 1.15 bits per heavy atom. The van der Waals surface area contributed by atoms with Crippen molar-refractivity contribution in [2.75, 3.05) is 6.54 Å². The van der Waals surface area contributed by atoms with E-state index in [0.717, 1.165) is 0 Å². The minimum absolute atomic E-state index is 0.0841. The maximum atomic E-state index is 13.1. The molecule has 0 spiro atoms. The second kappa shape index (κ2) is 9.08. The molecular formula is C22H33N3O7S. The zero-order chi connectivity index (χ0) is 24.6. The minimum Gasteiger partial charge on any atom is -0.460 e. The van der Waals surface area contributed by atoms with Gasteiger partial charge in [-0.2, -0.15) is 0 Å². The van der Waals surface area contributed by atoms with Gasteiger partial charge < -0.3 is 15.0 Å². The van der Waals surface area contributed by atoms with Gasteiger partial charge in [0.2, 0.25) is 21.8 Å². The summed E-state index contributed by atoms with van der Waals surface area (Å²) in [5.41, 5.74) is -2.03. The monoisotopic (exact) mass is 483 g/mol. The highest BCUT2D eigenvalue weighted by Crippen LogP contribution is 2.45. The van der Waals surface area contributed by atoms with Crippen LogP contribution in [0, 0.1) is 5.92 Å². The molecule has 1 aliphatic heterocycles. The lowest BCUT2D eigenvalue weighted by Gasteiger charge is -2.27. The standard InChI is InChI=1S/C22H33N3O7S/c1-5-14-13-22(14,20(29)24-33(30,31)15-8-9-15)23-19(28)16-7-6-12-25(16)17(26)10-11-18(27)32-21(2,3)4/h5,14-16H,1,6-13H2,2-4H3,(H,23,28)(H,24,29)/t14-,16+,22-/m1/s1. The Balaban J connectivity index is 1.61. The lowest BCUT2D eigenvalue weighted by Crippen LogP contribution is -2.56. The van der Waals surface area contributed by atoms with Crippen molar-refractivity contribution in [1.82, 2.24) is 14.9 Å². The number of ether oxygens (including phenoxy) is 1. The molecule has 2 saturated carbocycles. The topological polar surface area (TPSA) is 139 Å². The molecule has 0 bridgehead atoms. The molecule has 11 heteroatoms. The molecule has 0 unspecified atom stereocenters. The SMILES string of the molecule is C=C[C@@H]1C[C@]1(NC(=O)[C@@H]1CCCN1C(=O)CCC(=O)OC(C)(C)C)C(=O)NS(=O)(=O)C1CC1. The third-order valence-electron chi connectivity index (χ3n) is 6.09. The average Bonchev–Trinajstić information content (AvgIpc) is 3.61. The van der Waals surface area contributed by atoms with Gasteiger partial charge in [0.05, 0.1) is 11.7 Å². The number of esters is 1. The zero-order valence-electron chi connectivity index (χ0n) is 19.4. The first-order valence-electron chi connectivity index (χ1n) is 11.3. The van der Waals surface area contributed by atoms with E-state index in [1.54, 1.807) is 20.8 Å². The van der Waals surface area contributed by atoms with E-state index < -0.39 is 56.2 Å². The van der Waals surface area contributed by atoms with Crippen LogP contribution in [-0.4, -0.2) is 66.0 Å². The van der Waals surface area contributed by atoms with Crippen LogP contribution >= 0.6 is 0 Å². The first-order chi connectivity index (χ1) is 15.3. The first-order valence-corrected chi connectivity index (χ1v) is 12.9. The van der Waals surface area contributed by atoms with Gasteiger partial charge in [0.25, 0.3) is 5.91 Å². The number of nitrogens with zero attached hydrogens (tertiary/aromatic N) is 1. The van der Waals surface area contributed by atoms with Crippen molar-refractivity contribution in [1.29, 1.82) is 0 Å². The molecule has 0 aromatic carbocycles. The molecule has 10 nitrogen and oxygen atoms in total. The average molecular weight is 484 g/mol. The molecule has 0 aromatic rings. The molecule has 3 atom stereocenters. The third kappa shape index (κ3) is 5.93. The Morgan fingerprint density at radius 2 is 1.82 bits per heavy atom. The molecular weight excluding hydrogens is 450 g/mol. The predicted molar refractivity (Wildman–Crippen MR) is 119 cm³/mol. The number of hydrogen-bond donors (Lipinski definition) is 2. The van der Waals surface area contributed by atoms with Crippen molar-refractivity contribution in [3.8, 4) is 0 Å². The Hall–Kier alpha value is -2.43. The quantitative estimate of drug-likeness (QED) is 0.365. The Bertz CT molecular complexity index is 952. The van der Waals surface area contributed by atoms with Crippen LogP contribution in [0.1, 0.15) is 65.7 Å². The molecule has 0 radical (unpaired) electrons. The van der Waals surface area contributed by atoms with E-state index in [9.17, 15) is 27.6 Å². The van der Waals surface area contributed by atoms with Gasteiger partial charge in [-0.3, -0.25) is 23.9 Å². The summed E-state index contributed by atoms with van der Waals surface area (Å²) in [5.74, 6) is -2.51. The van der Waals surface area contributed by atoms with Crippen molar-refractivity contribution in [3.63, 3.8) is 0 Å². The fourth-order valence-electron chi connectivity index (χ4n) is 4.10. The summed E-state index contributed by atoms with van der Waals surface area (Å²) in [4.78, 5) is 51.9. The summed E-state index contributed by atoms with van der Waals surface area (Å²) >= 11 is 0. The fraction of sp³-hybridized carbons (Fsp3) is 0.727. The summed E-state index contributed by atoms with van der Waals surface area (Å²) < 4.78 is 31.7.